The van der Waals surface area contributed by atoms with E-state index in [0.29, 0.717) is 6.42 Å². The zero-order valence-electron chi connectivity index (χ0n) is 8.60. The summed E-state index contributed by atoms with van der Waals surface area (Å²) in [7, 11) is -3.52. The maximum absolute atomic E-state index is 11.3. The molecule has 1 amide bonds. The van der Waals surface area contributed by atoms with Crippen molar-refractivity contribution in [1.82, 2.24) is 5.32 Å². The van der Waals surface area contributed by atoms with E-state index in [2.05, 4.69) is 5.32 Å². The molecule has 90 valence electrons. The van der Waals surface area contributed by atoms with E-state index in [4.69, 9.17) is 10.9 Å². The number of hydrogen-bond acceptors (Lipinski definition) is 5. The van der Waals surface area contributed by atoms with Gasteiger partial charge in [0.05, 0.1) is 11.8 Å². The second-order valence-electron chi connectivity index (χ2n) is 3.05. The number of rotatable bonds is 7. The lowest BCUT2D eigenvalue weighted by atomic mass is 10.2. The fourth-order valence-electron chi connectivity index (χ4n) is 0.823. The van der Waals surface area contributed by atoms with Crippen molar-refractivity contribution in [3.63, 3.8) is 0 Å². The van der Waals surface area contributed by atoms with Crippen molar-refractivity contribution in [2.45, 2.75) is 12.5 Å². The number of thioether (sulfide) groups is 1. The summed E-state index contributed by atoms with van der Waals surface area (Å²) in [5, 5.41) is 7.18. The van der Waals surface area contributed by atoms with Gasteiger partial charge in [-0.05, 0) is 18.4 Å². The monoisotopic (exact) mass is 255 g/mol. The van der Waals surface area contributed by atoms with Crippen LogP contribution < -0.4 is 16.2 Å². The Morgan fingerprint density at radius 3 is 2.60 bits per heavy atom. The van der Waals surface area contributed by atoms with Crippen molar-refractivity contribution in [1.29, 1.82) is 0 Å². The molecule has 15 heavy (non-hydrogen) atoms. The van der Waals surface area contributed by atoms with Crippen LogP contribution in [0.15, 0.2) is 0 Å². The first kappa shape index (κ1) is 14.7. The lowest BCUT2D eigenvalue weighted by Crippen LogP contribution is -2.43. The van der Waals surface area contributed by atoms with E-state index in [9.17, 15) is 13.2 Å². The molecule has 0 aromatic heterocycles. The fraction of sp³-hybridized carbons (Fsp3) is 0.857. The van der Waals surface area contributed by atoms with Gasteiger partial charge in [-0.2, -0.15) is 11.8 Å². The molecular weight excluding hydrogens is 238 g/mol. The first-order valence-corrected chi connectivity index (χ1v) is 7.50. The maximum atomic E-state index is 11.3. The first-order chi connectivity index (χ1) is 6.87. The normalized spacial score (nSPS) is 13.5. The van der Waals surface area contributed by atoms with Crippen LogP contribution in [0.4, 0.5) is 0 Å². The van der Waals surface area contributed by atoms with Gasteiger partial charge in [-0.3, -0.25) is 4.79 Å². The van der Waals surface area contributed by atoms with Gasteiger partial charge in [-0.1, -0.05) is 0 Å². The van der Waals surface area contributed by atoms with Crippen molar-refractivity contribution in [2.24, 2.45) is 10.9 Å². The molecule has 0 aromatic carbocycles. The Bertz CT molecular complexity index is 292. The van der Waals surface area contributed by atoms with Crippen LogP contribution in [0.2, 0.25) is 0 Å². The van der Waals surface area contributed by atoms with Crippen LogP contribution in [0.1, 0.15) is 6.42 Å². The molecule has 0 saturated carbocycles. The summed E-state index contributed by atoms with van der Waals surface area (Å²) < 4.78 is 21.1. The van der Waals surface area contributed by atoms with E-state index >= 15 is 0 Å². The predicted molar refractivity (Wildman–Crippen MR) is 62.0 cm³/mol. The Morgan fingerprint density at radius 1 is 1.53 bits per heavy atom. The van der Waals surface area contributed by atoms with Crippen molar-refractivity contribution in [2.75, 3.05) is 24.3 Å². The smallest absolute Gasteiger partial charge is 0.236 e. The molecule has 0 saturated heterocycles. The van der Waals surface area contributed by atoms with Crippen LogP contribution in [-0.2, 0) is 14.8 Å². The number of nitrogens with two attached hydrogens (primary N) is 2. The minimum Gasteiger partial charge on any atom is -0.354 e. The number of amides is 1. The average Bonchev–Trinajstić information content (AvgIpc) is 2.11. The van der Waals surface area contributed by atoms with E-state index in [-0.39, 0.29) is 18.2 Å². The summed E-state index contributed by atoms with van der Waals surface area (Å²) in [6.07, 6.45) is 2.49. The van der Waals surface area contributed by atoms with Crippen molar-refractivity contribution in [3.05, 3.63) is 0 Å². The van der Waals surface area contributed by atoms with Crippen molar-refractivity contribution < 1.29 is 13.2 Å². The number of primary sulfonamides is 1. The number of hydrogen-bond donors (Lipinski definition) is 3. The molecule has 0 heterocycles. The van der Waals surface area contributed by atoms with E-state index in [1.165, 1.54) is 0 Å². The third-order valence-electron chi connectivity index (χ3n) is 1.66. The van der Waals surface area contributed by atoms with Crippen LogP contribution in [-0.4, -0.2) is 44.7 Å². The van der Waals surface area contributed by atoms with Gasteiger partial charge in [-0.15, -0.1) is 0 Å². The van der Waals surface area contributed by atoms with E-state index in [1.807, 2.05) is 6.26 Å². The summed E-state index contributed by atoms with van der Waals surface area (Å²) in [6, 6.07) is -0.585. The Balaban J connectivity index is 3.74. The molecule has 0 aromatic rings. The lowest BCUT2D eigenvalue weighted by Gasteiger charge is -2.10. The van der Waals surface area contributed by atoms with E-state index < -0.39 is 16.1 Å². The zero-order chi connectivity index (χ0) is 11.9. The summed E-state index contributed by atoms with van der Waals surface area (Å²) in [6.45, 7) is 0.00460. The molecular formula is C7H17N3O3S2. The van der Waals surface area contributed by atoms with Crippen LogP contribution >= 0.6 is 11.8 Å². The highest BCUT2D eigenvalue weighted by Crippen LogP contribution is 1.98. The summed E-state index contributed by atoms with van der Waals surface area (Å²) in [5.41, 5.74) is 5.55. The van der Waals surface area contributed by atoms with Crippen LogP contribution in [0, 0.1) is 0 Å². The second-order valence-corrected chi connectivity index (χ2v) is 5.77. The second kappa shape index (κ2) is 7.04. The Morgan fingerprint density at radius 2 is 2.13 bits per heavy atom. The summed E-state index contributed by atoms with van der Waals surface area (Å²) in [4.78, 5) is 11.3. The molecule has 0 fully saturated rings. The average molecular weight is 255 g/mol. The molecule has 1 atom stereocenters. The van der Waals surface area contributed by atoms with Gasteiger partial charge in [0.15, 0.2) is 0 Å². The van der Waals surface area contributed by atoms with E-state index in [0.717, 1.165) is 5.75 Å². The van der Waals surface area contributed by atoms with Crippen LogP contribution in [0.25, 0.3) is 0 Å². The fourth-order valence-corrected chi connectivity index (χ4v) is 1.70. The van der Waals surface area contributed by atoms with Gasteiger partial charge in [0.1, 0.15) is 0 Å². The molecule has 8 heteroatoms. The van der Waals surface area contributed by atoms with Gasteiger partial charge >= 0.3 is 0 Å². The largest absolute Gasteiger partial charge is 0.354 e. The Kier molecular flexibility index (Phi) is 6.90. The molecule has 0 unspecified atom stereocenters. The SMILES string of the molecule is CSCC[C@@H](N)C(=O)NCCS(N)(=O)=O. The quantitative estimate of drug-likeness (QED) is 0.510. The minimum atomic E-state index is -3.52. The number of carbonyl (C=O) groups excluding carboxylic acids is 1. The highest BCUT2D eigenvalue weighted by atomic mass is 32.2. The van der Waals surface area contributed by atoms with Gasteiger partial charge in [0.25, 0.3) is 0 Å². The summed E-state index contributed by atoms with van der Waals surface area (Å²) in [5.74, 6) is 0.185. The number of sulfonamides is 1. The topological polar surface area (TPSA) is 115 Å². The molecule has 0 bridgehead atoms. The van der Waals surface area contributed by atoms with Crippen molar-refractivity contribution >= 4 is 27.7 Å². The number of carbonyl (C=O) groups is 1. The third kappa shape index (κ3) is 8.67. The predicted octanol–water partition coefficient (Wildman–Crippen LogP) is -1.53. The molecule has 0 rings (SSSR count). The van der Waals surface area contributed by atoms with Crippen LogP contribution in [0.3, 0.4) is 0 Å². The van der Waals surface area contributed by atoms with Gasteiger partial charge in [-0.25, -0.2) is 13.6 Å². The highest BCUT2D eigenvalue weighted by molar-refractivity contribution is 7.98. The maximum Gasteiger partial charge on any atom is 0.236 e. The van der Waals surface area contributed by atoms with E-state index in [1.54, 1.807) is 11.8 Å². The molecule has 5 N–H and O–H groups in total. The number of nitrogens with one attached hydrogen (secondary N) is 1. The van der Waals surface area contributed by atoms with Gasteiger partial charge < -0.3 is 11.1 Å². The van der Waals surface area contributed by atoms with Crippen LogP contribution in [0.5, 0.6) is 0 Å². The molecule has 0 radical (unpaired) electrons. The zero-order valence-corrected chi connectivity index (χ0v) is 10.2. The highest BCUT2D eigenvalue weighted by Gasteiger charge is 2.12. The molecule has 6 nitrogen and oxygen atoms in total. The molecule has 0 aliphatic rings. The standard InChI is InChI=1S/C7H17N3O3S2/c1-14-4-2-6(8)7(11)10-3-5-15(9,12)13/h6H,2-5,8H2,1H3,(H,10,11)(H2,9,12,13)/t6-/m1/s1. The molecule has 0 spiro atoms. The Hall–Kier alpha value is -0.310. The first-order valence-electron chi connectivity index (χ1n) is 4.39. The van der Waals surface area contributed by atoms with Gasteiger partial charge in [0.2, 0.25) is 15.9 Å². The third-order valence-corrected chi connectivity index (χ3v) is 3.07. The van der Waals surface area contributed by atoms with Crippen molar-refractivity contribution in [3.8, 4) is 0 Å². The molecule has 0 aliphatic carbocycles. The summed E-state index contributed by atoms with van der Waals surface area (Å²) >= 11 is 1.60. The Labute approximate surface area is 94.2 Å². The lowest BCUT2D eigenvalue weighted by molar-refractivity contribution is -0.122. The molecule has 0 aliphatic heterocycles. The van der Waals surface area contributed by atoms with Gasteiger partial charge in [0, 0.05) is 6.54 Å². The minimum absolute atomic E-state index is 0.00460.